The molecule has 0 spiro atoms. The molecule has 0 saturated heterocycles. The molecule has 3 rings (SSSR count). The number of nitrogens with one attached hydrogen (secondary N) is 1. The second kappa shape index (κ2) is 5.24. The lowest BCUT2D eigenvalue weighted by Gasteiger charge is -2.23. The van der Waals surface area contributed by atoms with Crippen LogP contribution in [0.4, 0.5) is 5.82 Å². The van der Waals surface area contributed by atoms with Crippen molar-refractivity contribution in [1.82, 2.24) is 24.5 Å². The highest BCUT2D eigenvalue weighted by molar-refractivity contribution is 5.94. The van der Waals surface area contributed by atoms with Crippen molar-refractivity contribution in [1.29, 1.82) is 0 Å². The van der Waals surface area contributed by atoms with Gasteiger partial charge >= 0.3 is 5.97 Å². The number of carboxylic acids is 1. The minimum Gasteiger partial charge on any atom is -0.480 e. The van der Waals surface area contributed by atoms with E-state index in [2.05, 4.69) is 20.5 Å². The van der Waals surface area contributed by atoms with Crippen molar-refractivity contribution in [2.45, 2.75) is 39.3 Å². The fourth-order valence-electron chi connectivity index (χ4n) is 2.86. The minimum absolute atomic E-state index is 0.185. The van der Waals surface area contributed by atoms with Crippen molar-refractivity contribution in [2.75, 3.05) is 5.32 Å². The molecule has 2 aromatic rings. The number of carbonyl (C=O) groups excluding carboxylic acids is 1. The molecular formula is C13H16N6O3. The van der Waals surface area contributed by atoms with Gasteiger partial charge < -0.3 is 10.4 Å². The maximum atomic E-state index is 12.0. The van der Waals surface area contributed by atoms with Gasteiger partial charge in [-0.3, -0.25) is 9.59 Å². The molecule has 0 aliphatic carbocycles. The molecule has 2 N–H and O–H groups in total. The zero-order chi connectivity index (χ0) is 15.9. The lowest BCUT2D eigenvalue weighted by Crippen LogP contribution is -2.27. The minimum atomic E-state index is -1.02. The quantitative estimate of drug-likeness (QED) is 0.843. The van der Waals surface area contributed by atoms with Crippen LogP contribution >= 0.6 is 0 Å². The molecule has 0 saturated carbocycles. The summed E-state index contributed by atoms with van der Waals surface area (Å²) in [7, 11) is 0. The molecule has 1 aliphatic rings. The van der Waals surface area contributed by atoms with Crippen LogP contribution in [0.15, 0.2) is 6.33 Å². The lowest BCUT2D eigenvalue weighted by atomic mass is 9.91. The van der Waals surface area contributed by atoms with Crippen molar-refractivity contribution >= 4 is 17.7 Å². The third-order valence-corrected chi connectivity index (χ3v) is 3.71. The average molecular weight is 304 g/mol. The first kappa shape index (κ1) is 14.2. The van der Waals surface area contributed by atoms with E-state index in [9.17, 15) is 9.59 Å². The highest BCUT2D eigenvalue weighted by atomic mass is 16.4. The molecule has 116 valence electrons. The van der Waals surface area contributed by atoms with Crippen LogP contribution < -0.4 is 5.32 Å². The van der Waals surface area contributed by atoms with Crippen LogP contribution in [0, 0.1) is 6.92 Å². The molecule has 9 nitrogen and oxygen atoms in total. The van der Waals surface area contributed by atoms with Crippen LogP contribution in [-0.4, -0.2) is 41.5 Å². The summed E-state index contributed by atoms with van der Waals surface area (Å²) in [6.07, 6.45) is 1.70. The van der Waals surface area contributed by atoms with Crippen LogP contribution in [0.5, 0.6) is 0 Å². The Kier molecular flexibility index (Phi) is 3.39. The van der Waals surface area contributed by atoms with Crippen molar-refractivity contribution in [3.05, 3.63) is 23.4 Å². The van der Waals surface area contributed by atoms with E-state index in [4.69, 9.17) is 5.11 Å². The largest absolute Gasteiger partial charge is 0.480 e. The molecule has 0 bridgehead atoms. The van der Waals surface area contributed by atoms with E-state index in [0.717, 1.165) is 5.56 Å². The zero-order valence-electron chi connectivity index (χ0n) is 12.3. The van der Waals surface area contributed by atoms with Gasteiger partial charge in [-0.2, -0.15) is 10.2 Å². The number of fused-ring (bicyclic) bond motifs is 1. The fourth-order valence-corrected chi connectivity index (χ4v) is 2.86. The predicted molar refractivity (Wildman–Crippen MR) is 75.4 cm³/mol. The van der Waals surface area contributed by atoms with E-state index < -0.39 is 5.97 Å². The Hall–Kier alpha value is -2.71. The zero-order valence-corrected chi connectivity index (χ0v) is 12.3. The molecule has 3 heterocycles. The van der Waals surface area contributed by atoms with Gasteiger partial charge in [-0.15, -0.1) is 0 Å². The number of anilines is 1. The van der Waals surface area contributed by atoms with E-state index in [1.54, 1.807) is 11.6 Å². The first-order valence-electron chi connectivity index (χ1n) is 6.97. The SMILES string of the molecule is CCn1ncnc1C1CC(=O)Nc2c1c(C)nn2CC(=O)O. The first-order chi connectivity index (χ1) is 10.5. The molecule has 9 heteroatoms. The Balaban J connectivity index is 2.12. The number of aromatic nitrogens is 5. The van der Waals surface area contributed by atoms with Gasteiger partial charge in [0.2, 0.25) is 5.91 Å². The van der Waals surface area contributed by atoms with Gasteiger partial charge in [0.15, 0.2) is 0 Å². The number of aryl methyl sites for hydroxylation is 2. The number of carboxylic acid groups (broad SMARTS) is 1. The molecular weight excluding hydrogens is 288 g/mol. The maximum absolute atomic E-state index is 12.0. The van der Waals surface area contributed by atoms with E-state index in [1.165, 1.54) is 11.0 Å². The number of nitrogens with zero attached hydrogens (tertiary/aromatic N) is 5. The van der Waals surface area contributed by atoms with Crippen LogP contribution in [0.2, 0.25) is 0 Å². The number of hydrogen-bond acceptors (Lipinski definition) is 5. The second-order valence-electron chi connectivity index (χ2n) is 5.14. The predicted octanol–water partition coefficient (Wildman–Crippen LogP) is 0.362. The third kappa shape index (κ3) is 2.24. The number of carbonyl (C=O) groups is 2. The number of rotatable bonds is 4. The molecule has 0 radical (unpaired) electrons. The molecule has 22 heavy (non-hydrogen) atoms. The van der Waals surface area contributed by atoms with Crippen molar-refractivity contribution in [3.63, 3.8) is 0 Å². The van der Waals surface area contributed by atoms with E-state index >= 15 is 0 Å². The van der Waals surface area contributed by atoms with Crippen LogP contribution in [0.1, 0.15) is 36.3 Å². The monoisotopic (exact) mass is 304 g/mol. The molecule has 0 fully saturated rings. The Morgan fingerprint density at radius 1 is 1.50 bits per heavy atom. The van der Waals surface area contributed by atoms with Gasteiger partial charge in [0, 0.05) is 18.5 Å². The summed E-state index contributed by atoms with van der Waals surface area (Å²) in [6, 6.07) is 0. The van der Waals surface area contributed by atoms with Crippen molar-refractivity contribution in [2.24, 2.45) is 0 Å². The van der Waals surface area contributed by atoms with Crippen molar-refractivity contribution < 1.29 is 14.7 Å². The van der Waals surface area contributed by atoms with E-state index in [0.29, 0.717) is 23.9 Å². The Labute approximate surface area is 126 Å². The first-order valence-corrected chi connectivity index (χ1v) is 6.97. The van der Waals surface area contributed by atoms with Gasteiger partial charge in [0.05, 0.1) is 11.6 Å². The van der Waals surface area contributed by atoms with Crippen LogP contribution in [0.25, 0.3) is 0 Å². The van der Waals surface area contributed by atoms with E-state index in [-0.39, 0.29) is 24.8 Å². The smallest absolute Gasteiger partial charge is 0.325 e. The van der Waals surface area contributed by atoms with Crippen molar-refractivity contribution in [3.8, 4) is 0 Å². The second-order valence-corrected chi connectivity index (χ2v) is 5.14. The highest BCUT2D eigenvalue weighted by Gasteiger charge is 2.35. The molecule has 1 amide bonds. The topological polar surface area (TPSA) is 115 Å². The van der Waals surface area contributed by atoms with Crippen LogP contribution in [-0.2, 0) is 22.7 Å². The van der Waals surface area contributed by atoms with Crippen LogP contribution in [0.3, 0.4) is 0 Å². The molecule has 2 aromatic heterocycles. The number of amides is 1. The fraction of sp³-hybridized carbons (Fsp3) is 0.462. The normalized spacial score (nSPS) is 17.2. The molecule has 1 atom stereocenters. The summed E-state index contributed by atoms with van der Waals surface area (Å²) < 4.78 is 3.05. The molecule has 1 unspecified atom stereocenters. The maximum Gasteiger partial charge on any atom is 0.325 e. The summed E-state index contributed by atoms with van der Waals surface area (Å²) in [5.41, 5.74) is 1.50. The highest BCUT2D eigenvalue weighted by Crippen LogP contribution is 2.38. The van der Waals surface area contributed by atoms with Gasteiger partial charge in [0.1, 0.15) is 24.5 Å². The van der Waals surface area contributed by atoms with E-state index in [1.807, 2.05) is 6.92 Å². The summed E-state index contributed by atoms with van der Waals surface area (Å²) in [5, 5.41) is 20.1. The summed E-state index contributed by atoms with van der Waals surface area (Å²) in [4.78, 5) is 27.3. The Bertz CT molecular complexity index is 747. The third-order valence-electron chi connectivity index (χ3n) is 3.71. The summed E-state index contributed by atoms with van der Waals surface area (Å²) in [6.45, 7) is 4.09. The van der Waals surface area contributed by atoms with Gasteiger partial charge in [-0.1, -0.05) is 0 Å². The Morgan fingerprint density at radius 2 is 2.27 bits per heavy atom. The summed E-state index contributed by atoms with van der Waals surface area (Å²) >= 11 is 0. The van der Waals surface area contributed by atoms with Gasteiger partial charge in [-0.25, -0.2) is 14.3 Å². The van der Waals surface area contributed by atoms with Gasteiger partial charge in [0.25, 0.3) is 0 Å². The number of hydrogen-bond donors (Lipinski definition) is 2. The van der Waals surface area contributed by atoms with Gasteiger partial charge in [-0.05, 0) is 13.8 Å². The number of aliphatic carboxylic acids is 1. The lowest BCUT2D eigenvalue weighted by molar-refractivity contribution is -0.137. The molecule has 0 aromatic carbocycles. The standard InChI is InChI=1S/C13H16N6O3/c1-3-18-12(14-6-15-18)8-4-9(20)16-13-11(8)7(2)17-19(13)5-10(21)22/h6,8H,3-5H2,1-2H3,(H,16,20)(H,21,22). The summed E-state index contributed by atoms with van der Waals surface area (Å²) in [5.74, 6) is -0.342. The molecule has 1 aliphatic heterocycles. The Morgan fingerprint density at radius 3 is 2.95 bits per heavy atom. The average Bonchev–Trinajstić information content (AvgIpc) is 3.03.